The number of carbonyl (C=O) groups is 1. The minimum absolute atomic E-state index is 0.107. The lowest BCUT2D eigenvalue weighted by Gasteiger charge is -2.09. The van der Waals surface area contributed by atoms with Gasteiger partial charge in [0.15, 0.2) is 6.61 Å². The minimum atomic E-state index is -0.341. The first-order valence-corrected chi connectivity index (χ1v) is 7.58. The van der Waals surface area contributed by atoms with Gasteiger partial charge >= 0.3 is 0 Å². The van der Waals surface area contributed by atoms with Crippen molar-refractivity contribution in [2.45, 2.75) is 20.0 Å². The minimum Gasteiger partial charge on any atom is -0.494 e. The molecule has 0 fully saturated rings. The third-order valence-electron chi connectivity index (χ3n) is 2.93. The van der Waals surface area contributed by atoms with Crippen LogP contribution in [0.25, 0.3) is 0 Å². The van der Waals surface area contributed by atoms with Crippen molar-refractivity contribution in [2.75, 3.05) is 13.2 Å². The van der Waals surface area contributed by atoms with E-state index in [4.69, 9.17) is 14.3 Å². The van der Waals surface area contributed by atoms with E-state index < -0.39 is 0 Å². The SMILES string of the molecule is CCCOc1ccc(OCC(=O)NOCc2ccccc2)cc1. The maximum Gasteiger partial charge on any atom is 0.281 e. The van der Waals surface area contributed by atoms with E-state index >= 15 is 0 Å². The number of hydrogen-bond acceptors (Lipinski definition) is 4. The molecule has 0 atom stereocenters. The maximum absolute atomic E-state index is 11.6. The Labute approximate surface area is 136 Å². The van der Waals surface area contributed by atoms with Crippen LogP contribution in [0.1, 0.15) is 18.9 Å². The van der Waals surface area contributed by atoms with E-state index in [0.29, 0.717) is 19.0 Å². The molecule has 23 heavy (non-hydrogen) atoms. The van der Waals surface area contributed by atoms with Crippen molar-refractivity contribution in [1.29, 1.82) is 0 Å². The zero-order valence-electron chi connectivity index (χ0n) is 13.2. The van der Waals surface area contributed by atoms with E-state index in [9.17, 15) is 4.79 Å². The highest BCUT2D eigenvalue weighted by Crippen LogP contribution is 2.17. The second-order valence-corrected chi connectivity index (χ2v) is 4.91. The number of benzene rings is 2. The maximum atomic E-state index is 11.6. The van der Waals surface area contributed by atoms with E-state index in [1.165, 1.54) is 0 Å². The summed E-state index contributed by atoms with van der Waals surface area (Å²) in [6.07, 6.45) is 0.960. The standard InChI is InChI=1S/C18H21NO4/c1-2-12-21-16-8-10-17(11-9-16)22-14-18(20)19-23-13-15-6-4-3-5-7-15/h3-11H,2,12-14H2,1H3,(H,19,20). The van der Waals surface area contributed by atoms with Crippen LogP contribution in [0.3, 0.4) is 0 Å². The Hall–Kier alpha value is -2.53. The van der Waals surface area contributed by atoms with Crippen LogP contribution >= 0.6 is 0 Å². The zero-order chi connectivity index (χ0) is 16.3. The molecular weight excluding hydrogens is 294 g/mol. The molecule has 0 unspecified atom stereocenters. The average Bonchev–Trinajstić information content (AvgIpc) is 2.60. The van der Waals surface area contributed by atoms with Gasteiger partial charge < -0.3 is 9.47 Å². The summed E-state index contributed by atoms with van der Waals surface area (Å²) in [7, 11) is 0. The van der Waals surface area contributed by atoms with Crippen molar-refractivity contribution in [3.8, 4) is 11.5 Å². The highest BCUT2D eigenvalue weighted by molar-refractivity contribution is 5.76. The molecule has 2 aromatic carbocycles. The van der Waals surface area contributed by atoms with Gasteiger partial charge in [-0.25, -0.2) is 5.48 Å². The monoisotopic (exact) mass is 315 g/mol. The summed E-state index contributed by atoms with van der Waals surface area (Å²) in [6.45, 7) is 2.94. The number of carbonyl (C=O) groups excluding carboxylic acids is 1. The number of hydrogen-bond donors (Lipinski definition) is 1. The highest BCUT2D eigenvalue weighted by Gasteiger charge is 2.03. The Bertz CT molecular complexity index is 584. The average molecular weight is 315 g/mol. The van der Waals surface area contributed by atoms with Crippen LogP contribution in [0.15, 0.2) is 54.6 Å². The van der Waals surface area contributed by atoms with E-state index in [0.717, 1.165) is 17.7 Å². The summed E-state index contributed by atoms with van der Waals surface area (Å²) in [6, 6.07) is 16.8. The Morgan fingerprint density at radius 2 is 1.61 bits per heavy atom. The lowest BCUT2D eigenvalue weighted by molar-refractivity contribution is -0.136. The van der Waals surface area contributed by atoms with Crippen LogP contribution in [-0.2, 0) is 16.2 Å². The molecule has 0 radical (unpaired) electrons. The molecule has 2 aromatic rings. The molecule has 2 rings (SSSR count). The largest absolute Gasteiger partial charge is 0.494 e. The van der Waals surface area contributed by atoms with Gasteiger partial charge in [-0.05, 0) is 36.2 Å². The predicted octanol–water partition coefficient (Wildman–Crippen LogP) is 3.10. The van der Waals surface area contributed by atoms with Gasteiger partial charge in [0.1, 0.15) is 11.5 Å². The second-order valence-electron chi connectivity index (χ2n) is 4.91. The summed E-state index contributed by atoms with van der Waals surface area (Å²) in [5, 5.41) is 0. The molecule has 0 aliphatic heterocycles. The quantitative estimate of drug-likeness (QED) is 0.722. The van der Waals surface area contributed by atoms with Crippen LogP contribution in [0.5, 0.6) is 11.5 Å². The molecule has 0 bridgehead atoms. The molecule has 0 saturated heterocycles. The number of nitrogens with one attached hydrogen (secondary N) is 1. The van der Waals surface area contributed by atoms with Crippen molar-refractivity contribution in [3.63, 3.8) is 0 Å². The summed E-state index contributed by atoms with van der Waals surface area (Å²) in [5.41, 5.74) is 3.33. The number of ether oxygens (including phenoxy) is 2. The van der Waals surface area contributed by atoms with E-state index in [2.05, 4.69) is 12.4 Å². The van der Waals surface area contributed by atoms with Gasteiger partial charge in [0.05, 0.1) is 13.2 Å². The summed E-state index contributed by atoms with van der Waals surface area (Å²) in [4.78, 5) is 16.8. The lowest BCUT2D eigenvalue weighted by Crippen LogP contribution is -2.28. The molecule has 0 aromatic heterocycles. The third kappa shape index (κ3) is 6.40. The van der Waals surface area contributed by atoms with E-state index in [-0.39, 0.29) is 12.5 Å². The van der Waals surface area contributed by atoms with E-state index in [1.807, 2.05) is 42.5 Å². The van der Waals surface area contributed by atoms with Gasteiger partial charge in [0.2, 0.25) is 0 Å². The molecule has 0 aliphatic carbocycles. The summed E-state index contributed by atoms with van der Waals surface area (Å²) >= 11 is 0. The van der Waals surface area contributed by atoms with Crippen molar-refractivity contribution >= 4 is 5.91 Å². The second kappa shape index (κ2) is 9.48. The third-order valence-corrected chi connectivity index (χ3v) is 2.93. The fraction of sp³-hybridized carbons (Fsp3) is 0.278. The Kier molecular flexibility index (Phi) is 6.94. The van der Waals surface area contributed by atoms with Gasteiger partial charge in [-0.2, -0.15) is 0 Å². The van der Waals surface area contributed by atoms with Gasteiger partial charge in [-0.3, -0.25) is 9.63 Å². The molecule has 122 valence electrons. The number of hydroxylamine groups is 1. The molecule has 5 heteroatoms. The molecule has 0 heterocycles. The molecule has 0 saturated carbocycles. The summed E-state index contributed by atoms with van der Waals surface area (Å²) < 4.78 is 10.9. The lowest BCUT2D eigenvalue weighted by atomic mass is 10.2. The first-order valence-electron chi connectivity index (χ1n) is 7.58. The Morgan fingerprint density at radius 3 is 2.26 bits per heavy atom. The fourth-order valence-corrected chi connectivity index (χ4v) is 1.80. The smallest absolute Gasteiger partial charge is 0.281 e. The van der Waals surface area contributed by atoms with Crippen molar-refractivity contribution in [3.05, 3.63) is 60.2 Å². The van der Waals surface area contributed by atoms with E-state index in [1.54, 1.807) is 12.1 Å². The summed E-state index contributed by atoms with van der Waals surface area (Å²) in [5.74, 6) is 1.05. The molecule has 0 spiro atoms. The Morgan fingerprint density at radius 1 is 0.957 bits per heavy atom. The van der Waals surface area contributed by atoms with Crippen molar-refractivity contribution in [1.82, 2.24) is 5.48 Å². The number of amides is 1. The van der Waals surface area contributed by atoms with Crippen LogP contribution < -0.4 is 15.0 Å². The first-order chi connectivity index (χ1) is 11.3. The molecule has 0 aliphatic rings. The fourth-order valence-electron chi connectivity index (χ4n) is 1.80. The number of rotatable bonds is 9. The normalized spacial score (nSPS) is 10.1. The van der Waals surface area contributed by atoms with Gasteiger partial charge in [0.25, 0.3) is 5.91 Å². The van der Waals surface area contributed by atoms with Crippen LogP contribution in [0.4, 0.5) is 0 Å². The van der Waals surface area contributed by atoms with Gasteiger partial charge in [-0.15, -0.1) is 0 Å². The molecular formula is C18H21NO4. The molecule has 5 nitrogen and oxygen atoms in total. The van der Waals surface area contributed by atoms with Crippen molar-refractivity contribution in [2.24, 2.45) is 0 Å². The van der Waals surface area contributed by atoms with Gasteiger partial charge in [-0.1, -0.05) is 37.3 Å². The topological polar surface area (TPSA) is 56.8 Å². The molecule has 1 N–H and O–H groups in total. The first kappa shape index (κ1) is 16.8. The van der Waals surface area contributed by atoms with Crippen LogP contribution in [0.2, 0.25) is 0 Å². The highest BCUT2D eigenvalue weighted by atomic mass is 16.7. The van der Waals surface area contributed by atoms with Gasteiger partial charge in [0, 0.05) is 0 Å². The molecule has 1 amide bonds. The zero-order valence-corrected chi connectivity index (χ0v) is 13.2. The predicted molar refractivity (Wildman–Crippen MR) is 87.1 cm³/mol. The Balaban J connectivity index is 1.65. The van der Waals surface area contributed by atoms with Crippen molar-refractivity contribution < 1.29 is 19.1 Å². The van der Waals surface area contributed by atoms with Crippen LogP contribution in [-0.4, -0.2) is 19.1 Å². The van der Waals surface area contributed by atoms with Crippen LogP contribution in [0, 0.1) is 0 Å².